The van der Waals surface area contributed by atoms with Gasteiger partial charge in [-0.15, -0.1) is 0 Å². The van der Waals surface area contributed by atoms with Crippen molar-refractivity contribution in [2.24, 2.45) is 0 Å². The summed E-state index contributed by atoms with van der Waals surface area (Å²) in [6.07, 6.45) is 1.92. The number of fused-ring (bicyclic) bond motifs is 1. The normalized spacial score (nSPS) is 10.5. The Hall–Kier alpha value is -2.05. The van der Waals surface area contributed by atoms with E-state index in [0.717, 1.165) is 27.5 Å². The molecule has 2 aromatic carbocycles. The van der Waals surface area contributed by atoms with Gasteiger partial charge >= 0.3 is 0 Å². The second-order valence-electron chi connectivity index (χ2n) is 4.43. The van der Waals surface area contributed by atoms with E-state index in [2.05, 4.69) is 38.7 Å². The maximum atomic E-state index is 9.19. The van der Waals surface area contributed by atoms with Crippen molar-refractivity contribution in [2.45, 2.75) is 6.54 Å². The van der Waals surface area contributed by atoms with Crippen LogP contribution in [0.2, 0.25) is 0 Å². The highest BCUT2D eigenvalue weighted by atomic mass is 79.9. The summed E-state index contributed by atoms with van der Waals surface area (Å²) in [6.45, 7) is 0.766. The van der Waals surface area contributed by atoms with E-state index in [1.165, 1.54) is 5.56 Å². The van der Waals surface area contributed by atoms with Crippen LogP contribution in [-0.4, -0.2) is 4.57 Å². The molecule has 1 heterocycles. The summed E-state index contributed by atoms with van der Waals surface area (Å²) in [5.74, 6) is 0. The van der Waals surface area contributed by atoms with Crippen LogP contribution in [0.4, 0.5) is 0 Å². The lowest BCUT2D eigenvalue weighted by atomic mass is 10.2. The first kappa shape index (κ1) is 12.0. The Morgan fingerprint density at radius 1 is 1.11 bits per heavy atom. The van der Waals surface area contributed by atoms with Crippen LogP contribution in [0.5, 0.6) is 0 Å². The Morgan fingerprint density at radius 3 is 2.74 bits per heavy atom. The zero-order valence-corrected chi connectivity index (χ0v) is 11.8. The average molecular weight is 311 g/mol. The van der Waals surface area contributed by atoms with E-state index in [9.17, 15) is 5.26 Å². The van der Waals surface area contributed by atoms with Gasteiger partial charge in [0.1, 0.15) is 6.07 Å². The largest absolute Gasteiger partial charge is 0.342 e. The number of nitriles is 1. The molecular weight excluding hydrogens is 300 g/mol. The highest BCUT2D eigenvalue weighted by Crippen LogP contribution is 2.22. The number of para-hydroxylation sites is 1. The quantitative estimate of drug-likeness (QED) is 0.693. The lowest BCUT2D eigenvalue weighted by molar-refractivity contribution is 0.835. The van der Waals surface area contributed by atoms with Crippen molar-refractivity contribution >= 4 is 26.8 Å². The monoisotopic (exact) mass is 310 g/mol. The highest BCUT2D eigenvalue weighted by Gasteiger charge is 2.07. The molecule has 0 atom stereocenters. The standard InChI is InChI=1S/C16H11BrN2/c17-14-5-3-4-12(8-14)10-19-11-13(9-18)15-6-1-2-7-16(15)19/h1-8,11H,10H2. The molecule has 0 aliphatic rings. The van der Waals surface area contributed by atoms with Crippen LogP contribution >= 0.6 is 15.9 Å². The Morgan fingerprint density at radius 2 is 1.95 bits per heavy atom. The van der Waals surface area contributed by atoms with Gasteiger partial charge in [0.05, 0.1) is 5.56 Å². The van der Waals surface area contributed by atoms with Crippen molar-refractivity contribution in [3.63, 3.8) is 0 Å². The number of nitrogens with zero attached hydrogens (tertiary/aromatic N) is 2. The van der Waals surface area contributed by atoms with Gasteiger partial charge in [-0.1, -0.05) is 46.3 Å². The Labute approximate surface area is 120 Å². The molecule has 0 aliphatic heterocycles. The summed E-state index contributed by atoms with van der Waals surface area (Å²) >= 11 is 3.48. The van der Waals surface area contributed by atoms with Crippen molar-refractivity contribution in [2.75, 3.05) is 0 Å². The molecule has 0 unspecified atom stereocenters. The van der Waals surface area contributed by atoms with Crippen molar-refractivity contribution in [1.82, 2.24) is 4.57 Å². The minimum atomic E-state index is 0.727. The minimum Gasteiger partial charge on any atom is -0.342 e. The van der Waals surface area contributed by atoms with Crippen molar-refractivity contribution in [3.8, 4) is 6.07 Å². The zero-order chi connectivity index (χ0) is 13.2. The van der Waals surface area contributed by atoms with Gasteiger partial charge in [-0.2, -0.15) is 5.26 Å². The van der Waals surface area contributed by atoms with E-state index in [1.807, 2.05) is 42.6 Å². The maximum Gasteiger partial charge on any atom is 0.101 e. The van der Waals surface area contributed by atoms with Gasteiger partial charge in [0, 0.05) is 28.1 Å². The van der Waals surface area contributed by atoms with Crippen molar-refractivity contribution in [1.29, 1.82) is 5.26 Å². The van der Waals surface area contributed by atoms with Crippen LogP contribution in [0.1, 0.15) is 11.1 Å². The molecule has 0 saturated carbocycles. The van der Waals surface area contributed by atoms with Crippen LogP contribution in [-0.2, 0) is 6.54 Å². The van der Waals surface area contributed by atoms with Gasteiger partial charge in [0.15, 0.2) is 0 Å². The van der Waals surface area contributed by atoms with Crippen LogP contribution in [0.25, 0.3) is 10.9 Å². The fourth-order valence-corrected chi connectivity index (χ4v) is 2.75. The predicted molar refractivity (Wildman–Crippen MR) is 79.9 cm³/mol. The third-order valence-electron chi connectivity index (χ3n) is 3.15. The second kappa shape index (κ2) is 4.91. The summed E-state index contributed by atoms with van der Waals surface area (Å²) in [4.78, 5) is 0. The molecule has 1 aromatic heterocycles. The van der Waals surface area contributed by atoms with Crippen LogP contribution < -0.4 is 0 Å². The zero-order valence-electron chi connectivity index (χ0n) is 10.2. The lowest BCUT2D eigenvalue weighted by Crippen LogP contribution is -1.97. The van der Waals surface area contributed by atoms with E-state index < -0.39 is 0 Å². The van der Waals surface area contributed by atoms with Crippen LogP contribution in [0.3, 0.4) is 0 Å². The van der Waals surface area contributed by atoms with Gasteiger partial charge in [0.25, 0.3) is 0 Å². The lowest BCUT2D eigenvalue weighted by Gasteiger charge is -2.05. The Balaban J connectivity index is 2.09. The first-order chi connectivity index (χ1) is 9.28. The predicted octanol–water partition coefficient (Wildman–Crippen LogP) is 4.32. The Kier molecular flexibility index (Phi) is 3.10. The van der Waals surface area contributed by atoms with E-state index in [4.69, 9.17) is 0 Å². The Bertz CT molecular complexity index is 781. The molecule has 0 spiro atoms. The minimum absolute atomic E-state index is 0.727. The summed E-state index contributed by atoms with van der Waals surface area (Å²) in [7, 11) is 0. The molecule has 2 nitrogen and oxygen atoms in total. The molecule has 0 N–H and O–H groups in total. The van der Waals surface area contributed by atoms with E-state index >= 15 is 0 Å². The molecule has 0 fully saturated rings. The maximum absolute atomic E-state index is 9.19. The summed E-state index contributed by atoms with van der Waals surface area (Å²) < 4.78 is 3.19. The molecular formula is C16H11BrN2. The summed E-state index contributed by atoms with van der Waals surface area (Å²) in [5.41, 5.74) is 3.03. The molecule has 0 saturated heterocycles. The number of aromatic nitrogens is 1. The van der Waals surface area contributed by atoms with Crippen molar-refractivity contribution < 1.29 is 0 Å². The molecule has 92 valence electrons. The highest BCUT2D eigenvalue weighted by molar-refractivity contribution is 9.10. The number of halogens is 1. The summed E-state index contributed by atoms with van der Waals surface area (Å²) in [5, 5.41) is 10.2. The van der Waals surface area contributed by atoms with Crippen LogP contribution in [0.15, 0.2) is 59.2 Å². The van der Waals surface area contributed by atoms with E-state index in [-0.39, 0.29) is 0 Å². The number of hydrogen-bond donors (Lipinski definition) is 0. The first-order valence-electron chi connectivity index (χ1n) is 6.00. The fraction of sp³-hybridized carbons (Fsp3) is 0.0625. The van der Waals surface area contributed by atoms with E-state index in [0.29, 0.717) is 0 Å². The second-order valence-corrected chi connectivity index (χ2v) is 5.35. The molecule has 3 rings (SSSR count). The number of hydrogen-bond acceptors (Lipinski definition) is 1. The van der Waals surface area contributed by atoms with Crippen LogP contribution in [0, 0.1) is 11.3 Å². The van der Waals surface area contributed by atoms with Gasteiger partial charge in [0.2, 0.25) is 0 Å². The topological polar surface area (TPSA) is 28.7 Å². The number of benzene rings is 2. The smallest absolute Gasteiger partial charge is 0.101 e. The third kappa shape index (κ3) is 2.27. The summed E-state index contributed by atoms with van der Waals surface area (Å²) in [6, 6.07) is 18.5. The molecule has 0 bridgehead atoms. The average Bonchev–Trinajstić information content (AvgIpc) is 2.77. The van der Waals surface area contributed by atoms with Gasteiger partial charge in [-0.3, -0.25) is 0 Å². The third-order valence-corrected chi connectivity index (χ3v) is 3.64. The van der Waals surface area contributed by atoms with Gasteiger partial charge in [-0.05, 0) is 23.8 Å². The van der Waals surface area contributed by atoms with Crippen molar-refractivity contribution in [3.05, 3.63) is 70.3 Å². The molecule has 3 aromatic rings. The fourth-order valence-electron chi connectivity index (χ4n) is 2.30. The molecule has 3 heteroatoms. The van der Waals surface area contributed by atoms with E-state index in [1.54, 1.807) is 0 Å². The SMILES string of the molecule is N#Cc1cn(Cc2cccc(Br)c2)c2ccccc12. The van der Waals surface area contributed by atoms with Gasteiger partial charge in [-0.25, -0.2) is 0 Å². The molecule has 0 amide bonds. The molecule has 19 heavy (non-hydrogen) atoms. The number of rotatable bonds is 2. The van der Waals surface area contributed by atoms with Gasteiger partial charge < -0.3 is 4.57 Å². The molecule has 0 radical (unpaired) electrons. The first-order valence-corrected chi connectivity index (χ1v) is 6.79. The molecule has 0 aliphatic carbocycles.